The van der Waals surface area contributed by atoms with E-state index in [9.17, 15) is 18.8 Å². The molecule has 2 aromatic carbocycles. The van der Waals surface area contributed by atoms with Crippen LogP contribution in [0.1, 0.15) is 19.4 Å². The molecule has 0 saturated carbocycles. The number of hydrogen-bond acceptors (Lipinski definition) is 4. The average Bonchev–Trinajstić information content (AvgIpc) is 2.67. The number of halogens is 1. The van der Waals surface area contributed by atoms with Crippen LogP contribution in [0.4, 0.5) is 20.6 Å². The number of nitrogens with one attached hydrogen (secondary N) is 4. The summed E-state index contributed by atoms with van der Waals surface area (Å²) in [5, 5.41) is 10.1. The number of rotatable bonds is 8. The van der Waals surface area contributed by atoms with Gasteiger partial charge in [-0.05, 0) is 29.7 Å². The molecule has 8 heteroatoms. The standard InChI is InChI=1S/C21H25FN4O3/c1-14(2)12-24-21(29)26-20(28)13-23-16-8-9-17(22)18(11-16)25-19(27)10-15-6-4-3-5-7-15/h3-9,11,14,23H,10,12-13H2,1-2H3,(H,25,27)(H2,24,26,28,29). The van der Waals surface area contributed by atoms with E-state index in [2.05, 4.69) is 21.3 Å². The van der Waals surface area contributed by atoms with Crippen LogP contribution in [0.25, 0.3) is 0 Å². The molecule has 7 nitrogen and oxygen atoms in total. The van der Waals surface area contributed by atoms with Crippen molar-refractivity contribution >= 4 is 29.2 Å². The number of carbonyl (C=O) groups excluding carboxylic acids is 3. The zero-order chi connectivity index (χ0) is 21.2. The summed E-state index contributed by atoms with van der Waals surface area (Å²) >= 11 is 0. The van der Waals surface area contributed by atoms with Gasteiger partial charge in [-0.15, -0.1) is 0 Å². The van der Waals surface area contributed by atoms with Gasteiger partial charge in [-0.2, -0.15) is 0 Å². The van der Waals surface area contributed by atoms with Crippen LogP contribution in [-0.4, -0.2) is 30.9 Å². The van der Waals surface area contributed by atoms with Crippen LogP contribution in [0.15, 0.2) is 48.5 Å². The SMILES string of the molecule is CC(C)CNC(=O)NC(=O)CNc1ccc(F)c(NC(=O)Cc2ccccc2)c1. The molecule has 2 rings (SSSR count). The second kappa shape index (κ2) is 10.8. The molecule has 0 bridgehead atoms. The Bertz CT molecular complexity index is 856. The highest BCUT2D eigenvalue weighted by molar-refractivity contribution is 5.96. The van der Waals surface area contributed by atoms with E-state index in [0.29, 0.717) is 12.2 Å². The first-order chi connectivity index (χ1) is 13.8. The van der Waals surface area contributed by atoms with Gasteiger partial charge in [0, 0.05) is 12.2 Å². The lowest BCUT2D eigenvalue weighted by atomic mass is 10.1. The molecule has 0 aliphatic heterocycles. The van der Waals surface area contributed by atoms with Crippen LogP contribution < -0.4 is 21.3 Å². The normalized spacial score (nSPS) is 10.3. The average molecular weight is 400 g/mol. The minimum Gasteiger partial charge on any atom is -0.376 e. The Morgan fingerprint density at radius 3 is 2.41 bits per heavy atom. The summed E-state index contributed by atoms with van der Waals surface area (Å²) in [5.41, 5.74) is 1.25. The van der Waals surface area contributed by atoms with Gasteiger partial charge < -0.3 is 16.0 Å². The molecule has 0 aliphatic rings. The van der Waals surface area contributed by atoms with Crippen molar-refractivity contribution in [3.05, 3.63) is 59.9 Å². The van der Waals surface area contributed by atoms with Crippen LogP contribution in [0.3, 0.4) is 0 Å². The Kier molecular flexibility index (Phi) is 8.14. The van der Waals surface area contributed by atoms with Gasteiger partial charge >= 0.3 is 6.03 Å². The molecule has 0 spiro atoms. The van der Waals surface area contributed by atoms with E-state index in [0.717, 1.165) is 5.56 Å². The number of amides is 4. The molecular formula is C21H25FN4O3. The Hall–Kier alpha value is -3.42. The first-order valence-corrected chi connectivity index (χ1v) is 9.28. The van der Waals surface area contributed by atoms with Crippen molar-refractivity contribution < 1.29 is 18.8 Å². The summed E-state index contributed by atoms with van der Waals surface area (Å²) in [6, 6.07) is 12.6. The summed E-state index contributed by atoms with van der Waals surface area (Å²) in [7, 11) is 0. The van der Waals surface area contributed by atoms with Crippen LogP contribution >= 0.6 is 0 Å². The highest BCUT2D eigenvalue weighted by atomic mass is 19.1. The largest absolute Gasteiger partial charge is 0.376 e. The van der Waals surface area contributed by atoms with E-state index >= 15 is 0 Å². The molecule has 4 amide bonds. The van der Waals surface area contributed by atoms with Gasteiger partial charge in [0.25, 0.3) is 0 Å². The molecule has 0 aromatic heterocycles. The van der Waals surface area contributed by atoms with E-state index in [1.54, 1.807) is 0 Å². The maximum atomic E-state index is 14.0. The zero-order valence-electron chi connectivity index (χ0n) is 16.4. The predicted molar refractivity (Wildman–Crippen MR) is 110 cm³/mol. The van der Waals surface area contributed by atoms with Crippen molar-refractivity contribution in [1.82, 2.24) is 10.6 Å². The van der Waals surface area contributed by atoms with E-state index in [1.807, 2.05) is 44.2 Å². The molecule has 29 heavy (non-hydrogen) atoms. The lowest BCUT2D eigenvalue weighted by Crippen LogP contribution is -2.43. The summed E-state index contributed by atoms with van der Waals surface area (Å²) in [5.74, 6) is -1.21. The zero-order valence-corrected chi connectivity index (χ0v) is 16.4. The topological polar surface area (TPSA) is 99.3 Å². The van der Waals surface area contributed by atoms with Crippen molar-refractivity contribution in [2.75, 3.05) is 23.7 Å². The van der Waals surface area contributed by atoms with Crippen molar-refractivity contribution in [1.29, 1.82) is 0 Å². The second-order valence-electron chi connectivity index (χ2n) is 6.91. The number of carbonyl (C=O) groups is 3. The Labute approximate surface area is 169 Å². The molecule has 0 heterocycles. The summed E-state index contributed by atoms with van der Waals surface area (Å²) in [4.78, 5) is 35.5. The van der Waals surface area contributed by atoms with Crippen LogP contribution in [0, 0.1) is 11.7 Å². The third-order valence-electron chi connectivity index (χ3n) is 3.82. The maximum Gasteiger partial charge on any atom is 0.321 e. The van der Waals surface area contributed by atoms with Gasteiger partial charge in [-0.1, -0.05) is 44.2 Å². The number of hydrogen-bond donors (Lipinski definition) is 4. The lowest BCUT2D eigenvalue weighted by molar-refractivity contribution is -0.118. The van der Waals surface area contributed by atoms with E-state index < -0.39 is 17.8 Å². The molecule has 0 aliphatic carbocycles. The molecule has 0 unspecified atom stereocenters. The molecule has 4 N–H and O–H groups in total. The Morgan fingerprint density at radius 2 is 1.72 bits per heavy atom. The highest BCUT2D eigenvalue weighted by Gasteiger charge is 2.11. The summed E-state index contributed by atoms with van der Waals surface area (Å²) in [6.45, 7) is 4.15. The number of urea groups is 1. The Morgan fingerprint density at radius 1 is 1.00 bits per heavy atom. The molecule has 0 atom stereocenters. The second-order valence-corrected chi connectivity index (χ2v) is 6.91. The van der Waals surface area contributed by atoms with Crippen molar-refractivity contribution in [3.63, 3.8) is 0 Å². The van der Waals surface area contributed by atoms with Crippen LogP contribution in [0.2, 0.25) is 0 Å². The van der Waals surface area contributed by atoms with Gasteiger partial charge in [-0.25, -0.2) is 9.18 Å². The minimum atomic E-state index is -0.588. The van der Waals surface area contributed by atoms with Gasteiger partial charge in [0.1, 0.15) is 5.82 Å². The minimum absolute atomic E-state index is 0.00557. The molecular weight excluding hydrogens is 375 g/mol. The van der Waals surface area contributed by atoms with Crippen LogP contribution in [-0.2, 0) is 16.0 Å². The Balaban J connectivity index is 1.87. The van der Waals surface area contributed by atoms with E-state index in [4.69, 9.17) is 0 Å². The maximum absolute atomic E-state index is 14.0. The lowest BCUT2D eigenvalue weighted by Gasteiger charge is -2.11. The van der Waals surface area contributed by atoms with Gasteiger partial charge in [0.15, 0.2) is 0 Å². The third kappa shape index (κ3) is 8.00. The molecule has 0 radical (unpaired) electrons. The first kappa shape index (κ1) is 21.9. The number of benzene rings is 2. The van der Waals surface area contributed by atoms with Crippen molar-refractivity contribution in [2.45, 2.75) is 20.3 Å². The molecule has 0 fully saturated rings. The monoisotopic (exact) mass is 400 g/mol. The summed E-state index contributed by atoms with van der Waals surface area (Å²) in [6.07, 6.45) is 0.117. The predicted octanol–water partition coefficient (Wildman–Crippen LogP) is 2.90. The number of anilines is 2. The van der Waals surface area contributed by atoms with Gasteiger partial charge in [0.2, 0.25) is 11.8 Å². The fourth-order valence-electron chi connectivity index (χ4n) is 2.40. The number of imide groups is 1. The third-order valence-corrected chi connectivity index (χ3v) is 3.82. The van der Waals surface area contributed by atoms with Crippen LogP contribution in [0.5, 0.6) is 0 Å². The van der Waals surface area contributed by atoms with Crippen molar-refractivity contribution in [2.24, 2.45) is 5.92 Å². The van der Waals surface area contributed by atoms with E-state index in [1.165, 1.54) is 18.2 Å². The fourth-order valence-corrected chi connectivity index (χ4v) is 2.40. The molecule has 154 valence electrons. The van der Waals surface area contributed by atoms with E-state index in [-0.39, 0.29) is 30.5 Å². The fraction of sp³-hybridized carbons (Fsp3) is 0.286. The van der Waals surface area contributed by atoms with Gasteiger partial charge in [0.05, 0.1) is 18.7 Å². The van der Waals surface area contributed by atoms with Crippen molar-refractivity contribution in [3.8, 4) is 0 Å². The first-order valence-electron chi connectivity index (χ1n) is 9.28. The smallest absolute Gasteiger partial charge is 0.321 e. The molecule has 0 saturated heterocycles. The molecule has 2 aromatic rings. The van der Waals surface area contributed by atoms with Gasteiger partial charge in [-0.3, -0.25) is 14.9 Å². The summed E-state index contributed by atoms with van der Waals surface area (Å²) < 4.78 is 14.0. The quantitative estimate of drug-likeness (QED) is 0.548. The highest BCUT2D eigenvalue weighted by Crippen LogP contribution is 2.20.